The topological polar surface area (TPSA) is 40.8 Å². The smallest absolute Gasteiger partial charge is 0.138 e. The number of rotatable bonds is 8. The fourth-order valence-corrected chi connectivity index (χ4v) is 3.47. The lowest BCUT2D eigenvalue weighted by Crippen LogP contribution is -2.07. The summed E-state index contributed by atoms with van der Waals surface area (Å²) in [6.45, 7) is 5.91. The number of ether oxygens (including phenoxy) is 3. The first kappa shape index (κ1) is 19.8. The monoisotopic (exact) mass is 378 g/mol. The van der Waals surface area contributed by atoms with Gasteiger partial charge >= 0.3 is 0 Å². The van der Waals surface area contributed by atoms with Crippen molar-refractivity contribution in [1.82, 2.24) is 0 Å². The third kappa shape index (κ3) is 3.82. The van der Waals surface area contributed by atoms with E-state index in [0.717, 1.165) is 45.3 Å². The van der Waals surface area contributed by atoms with Crippen LogP contribution in [0, 0.1) is 6.92 Å². The van der Waals surface area contributed by atoms with Crippen LogP contribution >= 0.6 is 0 Å². The van der Waals surface area contributed by atoms with Crippen LogP contribution in [0.5, 0.6) is 11.5 Å². The second-order valence-electron chi connectivity index (χ2n) is 6.49. The van der Waals surface area contributed by atoms with Gasteiger partial charge in [0.2, 0.25) is 0 Å². The number of methoxy groups -OCH3 is 3. The maximum atomic E-state index is 6.21. The van der Waals surface area contributed by atoms with E-state index in [1.54, 1.807) is 21.3 Å². The first-order chi connectivity index (χ1) is 13.6. The molecule has 0 saturated carbocycles. The lowest BCUT2D eigenvalue weighted by molar-refractivity contribution is 0.134. The van der Waals surface area contributed by atoms with Crippen LogP contribution < -0.4 is 9.47 Å². The number of aryl methyl sites for hydroxylation is 1. The van der Waals surface area contributed by atoms with E-state index in [-0.39, 0.29) is 6.10 Å². The van der Waals surface area contributed by atoms with Crippen LogP contribution in [0.4, 0.5) is 0 Å². The minimum atomic E-state index is -0.239. The van der Waals surface area contributed by atoms with Gasteiger partial charge in [-0.2, -0.15) is 0 Å². The number of hydrogen-bond acceptors (Lipinski definition) is 4. The second kappa shape index (κ2) is 8.81. The molecule has 1 heterocycles. The molecule has 0 saturated heterocycles. The molecule has 4 nitrogen and oxygen atoms in total. The van der Waals surface area contributed by atoms with Crippen LogP contribution in [0.15, 0.2) is 65.6 Å². The molecule has 0 amide bonds. The number of allylic oxidation sites excluding steroid dienone is 1. The van der Waals surface area contributed by atoms with E-state index in [2.05, 4.69) is 6.58 Å². The molecule has 28 heavy (non-hydrogen) atoms. The highest BCUT2D eigenvalue weighted by molar-refractivity contribution is 5.66. The molecule has 3 aromatic rings. The summed E-state index contributed by atoms with van der Waals surface area (Å²) in [7, 11) is 5.03. The lowest BCUT2D eigenvalue weighted by atomic mass is 9.94. The maximum absolute atomic E-state index is 6.21. The Morgan fingerprint density at radius 2 is 1.50 bits per heavy atom. The van der Waals surface area contributed by atoms with Gasteiger partial charge in [0, 0.05) is 23.8 Å². The summed E-state index contributed by atoms with van der Waals surface area (Å²) in [6.07, 6.45) is 2.34. The fraction of sp³-hybridized carbons (Fsp3) is 0.250. The molecule has 4 heteroatoms. The Bertz CT molecular complexity index is 920. The van der Waals surface area contributed by atoms with E-state index in [1.165, 1.54) is 0 Å². The fourth-order valence-electron chi connectivity index (χ4n) is 3.47. The van der Waals surface area contributed by atoms with Gasteiger partial charge in [-0.3, -0.25) is 0 Å². The van der Waals surface area contributed by atoms with E-state index < -0.39 is 0 Å². The third-order valence-electron chi connectivity index (χ3n) is 4.85. The normalized spacial score (nSPS) is 11.9. The van der Waals surface area contributed by atoms with E-state index >= 15 is 0 Å². The Labute approximate surface area is 166 Å². The Morgan fingerprint density at radius 1 is 0.929 bits per heavy atom. The van der Waals surface area contributed by atoms with Crippen molar-refractivity contribution in [3.63, 3.8) is 0 Å². The average molecular weight is 378 g/mol. The Morgan fingerprint density at radius 3 is 2.00 bits per heavy atom. The van der Waals surface area contributed by atoms with Gasteiger partial charge in [0.05, 0.1) is 14.2 Å². The van der Waals surface area contributed by atoms with Gasteiger partial charge < -0.3 is 18.6 Å². The minimum absolute atomic E-state index is 0.239. The zero-order chi connectivity index (χ0) is 20.1. The van der Waals surface area contributed by atoms with Crippen LogP contribution in [0.2, 0.25) is 0 Å². The van der Waals surface area contributed by atoms with E-state index in [9.17, 15) is 0 Å². The van der Waals surface area contributed by atoms with E-state index in [4.69, 9.17) is 18.6 Å². The number of benzene rings is 2. The first-order valence-electron chi connectivity index (χ1n) is 9.17. The molecule has 0 radical (unpaired) electrons. The van der Waals surface area contributed by atoms with Gasteiger partial charge in [0.1, 0.15) is 29.1 Å². The molecule has 1 atom stereocenters. The van der Waals surface area contributed by atoms with Crippen molar-refractivity contribution in [3.05, 3.63) is 83.6 Å². The molecule has 0 aliphatic heterocycles. The molecule has 3 rings (SSSR count). The largest absolute Gasteiger partial charge is 0.497 e. The standard InChI is InChI=1S/C24H26O4/c1-6-7-21-22(24(27-5)18-10-14-20(26-4)15-11-18)16(2)28-23(21)17-8-12-19(25-3)13-9-17/h6,8-15,24H,1,7H2,2-5H3. The summed E-state index contributed by atoms with van der Waals surface area (Å²) in [4.78, 5) is 0. The zero-order valence-corrected chi connectivity index (χ0v) is 16.8. The predicted octanol–water partition coefficient (Wildman–Crippen LogP) is 5.74. The van der Waals surface area contributed by atoms with Crippen LogP contribution in [0.25, 0.3) is 11.3 Å². The molecule has 1 aromatic heterocycles. The second-order valence-corrected chi connectivity index (χ2v) is 6.49. The van der Waals surface area contributed by atoms with Crippen molar-refractivity contribution >= 4 is 0 Å². The van der Waals surface area contributed by atoms with Crippen LogP contribution in [-0.2, 0) is 11.2 Å². The highest BCUT2D eigenvalue weighted by atomic mass is 16.5. The van der Waals surface area contributed by atoms with Gasteiger partial charge in [0.15, 0.2) is 0 Å². The first-order valence-corrected chi connectivity index (χ1v) is 9.17. The van der Waals surface area contributed by atoms with Crippen molar-refractivity contribution in [2.24, 2.45) is 0 Å². The molecule has 1 unspecified atom stereocenters. The summed E-state index contributed by atoms with van der Waals surface area (Å²) in [6, 6.07) is 15.8. The molecule has 0 fully saturated rings. The summed E-state index contributed by atoms with van der Waals surface area (Å²) in [5.41, 5.74) is 4.16. The Hall–Kier alpha value is -2.98. The summed E-state index contributed by atoms with van der Waals surface area (Å²) in [5.74, 6) is 3.30. The van der Waals surface area contributed by atoms with Crippen LogP contribution in [-0.4, -0.2) is 21.3 Å². The SMILES string of the molecule is C=CCc1c(-c2ccc(OC)cc2)oc(C)c1C(OC)c1ccc(OC)cc1. The van der Waals surface area contributed by atoms with Gasteiger partial charge in [-0.15, -0.1) is 6.58 Å². The third-order valence-corrected chi connectivity index (χ3v) is 4.85. The molecule has 0 aliphatic carbocycles. The summed E-state index contributed by atoms with van der Waals surface area (Å²) >= 11 is 0. The molecule has 0 bridgehead atoms. The molecular formula is C24H26O4. The summed E-state index contributed by atoms with van der Waals surface area (Å²) in [5, 5.41) is 0. The van der Waals surface area contributed by atoms with Gasteiger partial charge in [-0.05, 0) is 55.3 Å². The Balaban J connectivity index is 2.10. The molecule has 0 N–H and O–H groups in total. The van der Waals surface area contributed by atoms with Crippen molar-refractivity contribution in [1.29, 1.82) is 0 Å². The van der Waals surface area contributed by atoms with E-state index in [0.29, 0.717) is 6.42 Å². The molecule has 0 spiro atoms. The zero-order valence-electron chi connectivity index (χ0n) is 16.8. The minimum Gasteiger partial charge on any atom is -0.497 e. The van der Waals surface area contributed by atoms with Crippen LogP contribution in [0.3, 0.4) is 0 Å². The molecular weight excluding hydrogens is 352 g/mol. The lowest BCUT2D eigenvalue weighted by Gasteiger charge is -2.18. The van der Waals surface area contributed by atoms with Gasteiger partial charge in [-0.1, -0.05) is 18.2 Å². The Kier molecular flexibility index (Phi) is 6.22. The van der Waals surface area contributed by atoms with Crippen molar-refractivity contribution in [3.8, 4) is 22.8 Å². The molecule has 2 aromatic carbocycles. The molecule has 0 aliphatic rings. The van der Waals surface area contributed by atoms with E-state index in [1.807, 2.05) is 61.5 Å². The van der Waals surface area contributed by atoms with Gasteiger partial charge in [-0.25, -0.2) is 0 Å². The average Bonchev–Trinajstić information content (AvgIpc) is 3.06. The van der Waals surface area contributed by atoms with Gasteiger partial charge in [0.25, 0.3) is 0 Å². The predicted molar refractivity (Wildman–Crippen MR) is 111 cm³/mol. The van der Waals surface area contributed by atoms with Crippen molar-refractivity contribution < 1.29 is 18.6 Å². The van der Waals surface area contributed by atoms with Crippen molar-refractivity contribution in [2.45, 2.75) is 19.4 Å². The van der Waals surface area contributed by atoms with Crippen LogP contribution in [0.1, 0.15) is 28.6 Å². The summed E-state index contributed by atoms with van der Waals surface area (Å²) < 4.78 is 22.6. The number of furan rings is 1. The molecule has 146 valence electrons. The number of hydrogen-bond donors (Lipinski definition) is 0. The highest BCUT2D eigenvalue weighted by Crippen LogP contribution is 2.39. The quantitative estimate of drug-likeness (QED) is 0.469. The maximum Gasteiger partial charge on any atom is 0.138 e. The van der Waals surface area contributed by atoms with Crippen molar-refractivity contribution in [2.75, 3.05) is 21.3 Å². The highest BCUT2D eigenvalue weighted by Gasteiger charge is 2.26.